The van der Waals surface area contributed by atoms with E-state index < -0.39 is 0 Å². The molecule has 0 saturated carbocycles. The molecule has 82 valence electrons. The highest BCUT2D eigenvalue weighted by molar-refractivity contribution is 5.38. The first-order chi connectivity index (χ1) is 7.16. The summed E-state index contributed by atoms with van der Waals surface area (Å²) in [6.07, 6.45) is 3.04. The first-order valence-corrected chi connectivity index (χ1v) is 5.60. The van der Waals surface area contributed by atoms with Gasteiger partial charge in [0.05, 0.1) is 0 Å². The van der Waals surface area contributed by atoms with Crippen LogP contribution in [0.1, 0.15) is 25.8 Å². The van der Waals surface area contributed by atoms with Crippen LogP contribution < -0.4 is 5.73 Å². The third kappa shape index (κ3) is 2.29. The molecule has 0 aliphatic carbocycles. The third-order valence-corrected chi connectivity index (χ3v) is 3.21. The molecule has 1 fully saturated rings. The van der Waals surface area contributed by atoms with Crippen LogP contribution in [0.4, 0.5) is 5.82 Å². The van der Waals surface area contributed by atoms with Crippen LogP contribution in [0.3, 0.4) is 0 Å². The summed E-state index contributed by atoms with van der Waals surface area (Å²) >= 11 is 0. The Morgan fingerprint density at radius 1 is 1.53 bits per heavy atom. The number of anilines is 1. The number of nitrogen functional groups attached to an aromatic ring is 1. The molecule has 0 aromatic carbocycles. The summed E-state index contributed by atoms with van der Waals surface area (Å²) in [5, 5.41) is 0. The molecular weight excluding hydrogens is 186 g/mol. The van der Waals surface area contributed by atoms with E-state index in [4.69, 9.17) is 5.73 Å². The average molecular weight is 205 g/mol. The highest BCUT2D eigenvalue weighted by Gasteiger charge is 2.26. The molecule has 1 aliphatic rings. The van der Waals surface area contributed by atoms with Gasteiger partial charge >= 0.3 is 0 Å². The lowest BCUT2D eigenvalue weighted by Gasteiger charge is -2.21. The van der Waals surface area contributed by atoms with E-state index in [0.29, 0.717) is 11.9 Å². The summed E-state index contributed by atoms with van der Waals surface area (Å²) < 4.78 is 0. The van der Waals surface area contributed by atoms with Gasteiger partial charge in [0, 0.05) is 30.9 Å². The zero-order chi connectivity index (χ0) is 10.8. The lowest BCUT2D eigenvalue weighted by Crippen LogP contribution is -2.27. The second-order valence-corrected chi connectivity index (χ2v) is 4.67. The zero-order valence-corrected chi connectivity index (χ0v) is 9.48. The standard InChI is InChI=1S/C12H19N3/c1-9-6-10(2)15(7-9)8-11-4-3-5-14-12(11)13/h3-5,9-10H,6-8H2,1-2H3,(H2,13,14). The first-order valence-electron chi connectivity index (χ1n) is 5.60. The number of likely N-dealkylation sites (tertiary alicyclic amines) is 1. The molecule has 2 N–H and O–H groups in total. The molecule has 2 unspecified atom stereocenters. The smallest absolute Gasteiger partial charge is 0.127 e. The van der Waals surface area contributed by atoms with Crippen LogP contribution in [0, 0.1) is 5.92 Å². The van der Waals surface area contributed by atoms with Crippen LogP contribution >= 0.6 is 0 Å². The number of nitrogens with zero attached hydrogens (tertiary/aromatic N) is 2. The lowest BCUT2D eigenvalue weighted by atomic mass is 10.1. The number of hydrogen-bond acceptors (Lipinski definition) is 3. The van der Waals surface area contributed by atoms with E-state index >= 15 is 0 Å². The highest BCUT2D eigenvalue weighted by atomic mass is 15.2. The van der Waals surface area contributed by atoms with Gasteiger partial charge < -0.3 is 5.73 Å². The molecule has 15 heavy (non-hydrogen) atoms. The number of rotatable bonds is 2. The van der Waals surface area contributed by atoms with E-state index in [-0.39, 0.29) is 0 Å². The Morgan fingerprint density at radius 3 is 2.93 bits per heavy atom. The Morgan fingerprint density at radius 2 is 2.33 bits per heavy atom. The van der Waals surface area contributed by atoms with Crippen LogP contribution in [0.2, 0.25) is 0 Å². The zero-order valence-electron chi connectivity index (χ0n) is 9.48. The van der Waals surface area contributed by atoms with Gasteiger partial charge in [0.2, 0.25) is 0 Å². The largest absolute Gasteiger partial charge is 0.383 e. The molecule has 0 radical (unpaired) electrons. The van der Waals surface area contributed by atoms with Gasteiger partial charge in [0.1, 0.15) is 5.82 Å². The first kappa shape index (κ1) is 10.4. The minimum atomic E-state index is 0.666. The van der Waals surface area contributed by atoms with Gasteiger partial charge in [-0.1, -0.05) is 13.0 Å². The molecule has 0 bridgehead atoms. The Kier molecular flexibility index (Phi) is 2.91. The van der Waals surface area contributed by atoms with Crippen molar-refractivity contribution < 1.29 is 0 Å². The van der Waals surface area contributed by atoms with Crippen LogP contribution in [0.15, 0.2) is 18.3 Å². The normalized spacial score (nSPS) is 27.1. The quantitative estimate of drug-likeness (QED) is 0.801. The molecule has 1 aromatic heterocycles. The van der Waals surface area contributed by atoms with Gasteiger partial charge in [-0.2, -0.15) is 0 Å². The van der Waals surface area contributed by atoms with E-state index in [0.717, 1.165) is 18.0 Å². The van der Waals surface area contributed by atoms with Crippen molar-refractivity contribution in [2.24, 2.45) is 5.92 Å². The topological polar surface area (TPSA) is 42.2 Å². The Bertz CT molecular complexity index is 337. The van der Waals surface area contributed by atoms with Gasteiger partial charge in [-0.3, -0.25) is 4.90 Å². The van der Waals surface area contributed by atoms with Crippen LogP contribution in [-0.4, -0.2) is 22.5 Å². The Labute approximate surface area is 91.3 Å². The minimum Gasteiger partial charge on any atom is -0.383 e. The third-order valence-electron chi connectivity index (χ3n) is 3.21. The predicted molar refractivity (Wildman–Crippen MR) is 62.3 cm³/mol. The van der Waals surface area contributed by atoms with E-state index in [9.17, 15) is 0 Å². The maximum atomic E-state index is 5.84. The predicted octanol–water partition coefficient (Wildman–Crippen LogP) is 1.89. The molecule has 3 heteroatoms. The number of pyridine rings is 1. The van der Waals surface area contributed by atoms with Crippen molar-refractivity contribution in [3.8, 4) is 0 Å². The summed E-state index contributed by atoms with van der Waals surface area (Å²) in [5.41, 5.74) is 6.99. The summed E-state index contributed by atoms with van der Waals surface area (Å²) in [6, 6.07) is 4.69. The van der Waals surface area contributed by atoms with Crippen LogP contribution in [-0.2, 0) is 6.54 Å². The molecule has 1 saturated heterocycles. The highest BCUT2D eigenvalue weighted by Crippen LogP contribution is 2.25. The molecule has 3 nitrogen and oxygen atoms in total. The fourth-order valence-corrected chi connectivity index (χ4v) is 2.41. The monoisotopic (exact) mass is 205 g/mol. The summed E-state index contributed by atoms with van der Waals surface area (Å²) in [4.78, 5) is 6.60. The fraction of sp³-hybridized carbons (Fsp3) is 0.583. The van der Waals surface area contributed by atoms with E-state index in [1.54, 1.807) is 6.20 Å². The molecule has 2 rings (SSSR count). The molecule has 2 heterocycles. The maximum absolute atomic E-state index is 5.84. The lowest BCUT2D eigenvalue weighted by molar-refractivity contribution is 0.257. The average Bonchev–Trinajstić information content (AvgIpc) is 2.49. The van der Waals surface area contributed by atoms with Gasteiger partial charge in [-0.05, 0) is 25.3 Å². The van der Waals surface area contributed by atoms with Crippen molar-refractivity contribution >= 4 is 5.82 Å². The van der Waals surface area contributed by atoms with Gasteiger partial charge in [0.25, 0.3) is 0 Å². The Balaban J connectivity index is 2.06. The second kappa shape index (κ2) is 4.19. The fourth-order valence-electron chi connectivity index (χ4n) is 2.41. The molecule has 1 aromatic rings. The second-order valence-electron chi connectivity index (χ2n) is 4.67. The summed E-state index contributed by atoms with van der Waals surface area (Å²) in [7, 11) is 0. The number of nitrogens with two attached hydrogens (primary N) is 1. The molecular formula is C12H19N3. The van der Waals surface area contributed by atoms with E-state index in [2.05, 4.69) is 29.8 Å². The van der Waals surface area contributed by atoms with Crippen molar-refractivity contribution in [2.75, 3.05) is 12.3 Å². The van der Waals surface area contributed by atoms with E-state index in [1.165, 1.54) is 13.0 Å². The maximum Gasteiger partial charge on any atom is 0.127 e. The molecule has 2 atom stereocenters. The summed E-state index contributed by atoms with van der Waals surface area (Å²) in [5.74, 6) is 1.47. The van der Waals surface area contributed by atoms with Crippen LogP contribution in [0.5, 0.6) is 0 Å². The van der Waals surface area contributed by atoms with Crippen molar-refractivity contribution in [1.82, 2.24) is 9.88 Å². The summed E-state index contributed by atoms with van der Waals surface area (Å²) in [6.45, 7) is 6.71. The minimum absolute atomic E-state index is 0.666. The van der Waals surface area contributed by atoms with Gasteiger partial charge in [-0.25, -0.2) is 4.98 Å². The van der Waals surface area contributed by atoms with Gasteiger partial charge in [0.15, 0.2) is 0 Å². The molecule has 0 spiro atoms. The van der Waals surface area contributed by atoms with Crippen LogP contribution in [0.25, 0.3) is 0 Å². The van der Waals surface area contributed by atoms with Crippen molar-refractivity contribution in [3.05, 3.63) is 23.9 Å². The number of hydrogen-bond donors (Lipinski definition) is 1. The van der Waals surface area contributed by atoms with E-state index in [1.807, 2.05) is 6.07 Å². The van der Waals surface area contributed by atoms with Crippen molar-refractivity contribution in [2.45, 2.75) is 32.9 Å². The van der Waals surface area contributed by atoms with Gasteiger partial charge in [-0.15, -0.1) is 0 Å². The SMILES string of the molecule is CC1CC(C)N(Cc2cccnc2N)C1. The number of aromatic nitrogens is 1. The molecule has 1 aliphatic heterocycles. The Hall–Kier alpha value is -1.09. The van der Waals surface area contributed by atoms with Crippen molar-refractivity contribution in [1.29, 1.82) is 0 Å². The van der Waals surface area contributed by atoms with Crippen molar-refractivity contribution in [3.63, 3.8) is 0 Å². The molecule has 0 amide bonds.